The number of hydrogen-bond acceptors (Lipinski definition) is 3. The van der Waals surface area contributed by atoms with E-state index in [9.17, 15) is 4.79 Å². The van der Waals surface area contributed by atoms with Crippen molar-refractivity contribution in [3.05, 3.63) is 17.8 Å². The molecule has 0 radical (unpaired) electrons. The number of hydrogen-bond donors (Lipinski definition) is 1. The smallest absolute Gasteiger partial charge is 0.303 e. The van der Waals surface area contributed by atoms with Crippen LogP contribution >= 0.6 is 0 Å². The molecule has 0 bridgehead atoms. The molecule has 0 saturated carbocycles. The molecular weight excluding hydrogens is 182 g/mol. The molecule has 1 aromatic rings. The molecule has 0 amide bonds. The number of carbonyl (C=O) groups is 1. The molecule has 1 rings (SSSR count). The normalized spacial score (nSPS) is 10.8. The number of aromatic nitrogens is 1. The second-order valence-electron chi connectivity index (χ2n) is 3.72. The Balaban J connectivity index is 2.46. The zero-order valence-corrected chi connectivity index (χ0v) is 8.49. The maximum absolute atomic E-state index is 10.3. The maximum Gasteiger partial charge on any atom is 0.303 e. The van der Waals surface area contributed by atoms with Gasteiger partial charge in [0.2, 0.25) is 0 Å². The Morgan fingerprint density at radius 1 is 1.64 bits per heavy atom. The average molecular weight is 197 g/mol. The van der Waals surface area contributed by atoms with E-state index in [-0.39, 0.29) is 6.42 Å². The lowest BCUT2D eigenvalue weighted by atomic mass is 10.1. The lowest BCUT2D eigenvalue weighted by Crippen LogP contribution is -1.98. The van der Waals surface area contributed by atoms with Crippen LogP contribution in [-0.2, 0) is 17.6 Å². The lowest BCUT2D eigenvalue weighted by Gasteiger charge is -1.97. The average Bonchev–Trinajstić information content (AvgIpc) is 2.47. The van der Waals surface area contributed by atoms with E-state index in [1.165, 1.54) is 0 Å². The van der Waals surface area contributed by atoms with Crippen LogP contribution in [0.5, 0.6) is 0 Å². The molecule has 0 spiro atoms. The number of aliphatic carboxylic acids is 1. The van der Waals surface area contributed by atoms with Crippen molar-refractivity contribution >= 4 is 5.97 Å². The molecule has 14 heavy (non-hydrogen) atoms. The molecule has 0 fully saturated rings. The second-order valence-corrected chi connectivity index (χ2v) is 3.72. The Morgan fingerprint density at radius 3 is 2.93 bits per heavy atom. The highest BCUT2D eigenvalue weighted by Crippen LogP contribution is 2.09. The van der Waals surface area contributed by atoms with Gasteiger partial charge in [0.1, 0.15) is 6.26 Å². The monoisotopic (exact) mass is 197 g/mol. The van der Waals surface area contributed by atoms with Gasteiger partial charge < -0.3 is 9.52 Å². The molecule has 4 heteroatoms. The van der Waals surface area contributed by atoms with Crippen molar-refractivity contribution in [2.24, 2.45) is 5.92 Å². The summed E-state index contributed by atoms with van der Waals surface area (Å²) in [7, 11) is 0. The minimum atomic E-state index is -0.807. The Kier molecular flexibility index (Phi) is 3.68. The number of carboxylic acids is 1. The minimum absolute atomic E-state index is 0.105. The molecule has 1 aromatic heterocycles. The fourth-order valence-corrected chi connectivity index (χ4v) is 1.14. The molecule has 0 aliphatic carbocycles. The number of oxazole rings is 1. The molecule has 0 unspecified atom stereocenters. The quantitative estimate of drug-likeness (QED) is 0.782. The van der Waals surface area contributed by atoms with Gasteiger partial charge in [0.15, 0.2) is 5.89 Å². The first-order valence-corrected chi connectivity index (χ1v) is 4.73. The summed E-state index contributed by atoms with van der Waals surface area (Å²) in [4.78, 5) is 14.5. The summed E-state index contributed by atoms with van der Waals surface area (Å²) in [5.41, 5.74) is 0.725. The number of rotatable bonds is 5. The third kappa shape index (κ3) is 3.60. The van der Waals surface area contributed by atoms with Gasteiger partial charge >= 0.3 is 5.97 Å². The van der Waals surface area contributed by atoms with Gasteiger partial charge in [-0.15, -0.1) is 0 Å². The zero-order valence-electron chi connectivity index (χ0n) is 8.49. The van der Waals surface area contributed by atoms with Crippen LogP contribution in [0.3, 0.4) is 0 Å². The first-order valence-electron chi connectivity index (χ1n) is 4.73. The summed E-state index contributed by atoms with van der Waals surface area (Å²) in [5.74, 6) is 0.389. The summed E-state index contributed by atoms with van der Waals surface area (Å²) in [6.45, 7) is 4.17. The third-order valence-electron chi connectivity index (χ3n) is 1.78. The van der Waals surface area contributed by atoms with Crippen LogP contribution in [0.15, 0.2) is 10.7 Å². The van der Waals surface area contributed by atoms with E-state index >= 15 is 0 Å². The van der Waals surface area contributed by atoms with Crippen LogP contribution in [0.2, 0.25) is 0 Å². The van der Waals surface area contributed by atoms with Crippen molar-refractivity contribution in [2.75, 3.05) is 0 Å². The van der Waals surface area contributed by atoms with E-state index in [0.29, 0.717) is 18.2 Å². The van der Waals surface area contributed by atoms with E-state index in [0.717, 1.165) is 12.1 Å². The summed E-state index contributed by atoms with van der Waals surface area (Å²) < 4.78 is 5.20. The van der Waals surface area contributed by atoms with Crippen LogP contribution < -0.4 is 0 Å². The standard InChI is InChI=1S/C10H15NO3/c1-7(2)5-9-11-8(6-14-9)3-4-10(12)13/h6-7H,3-5H2,1-2H3,(H,12,13). The predicted octanol–water partition coefficient (Wildman–Crippen LogP) is 1.89. The van der Waals surface area contributed by atoms with Gasteiger partial charge in [0.05, 0.1) is 12.1 Å². The van der Waals surface area contributed by atoms with E-state index in [1.807, 2.05) is 0 Å². The Hall–Kier alpha value is -1.32. The highest BCUT2D eigenvalue weighted by Gasteiger charge is 2.07. The summed E-state index contributed by atoms with van der Waals surface area (Å²) >= 11 is 0. The maximum atomic E-state index is 10.3. The molecule has 1 heterocycles. The van der Waals surface area contributed by atoms with Gasteiger partial charge in [-0.3, -0.25) is 4.79 Å². The van der Waals surface area contributed by atoms with Gasteiger partial charge in [-0.2, -0.15) is 0 Å². The van der Waals surface area contributed by atoms with E-state index < -0.39 is 5.97 Å². The lowest BCUT2D eigenvalue weighted by molar-refractivity contribution is -0.136. The van der Waals surface area contributed by atoms with Crippen molar-refractivity contribution in [2.45, 2.75) is 33.1 Å². The topological polar surface area (TPSA) is 63.3 Å². The van der Waals surface area contributed by atoms with Crippen LogP contribution in [0.25, 0.3) is 0 Å². The first-order chi connectivity index (χ1) is 6.58. The molecule has 0 saturated heterocycles. The fraction of sp³-hybridized carbons (Fsp3) is 0.600. The van der Waals surface area contributed by atoms with E-state index in [4.69, 9.17) is 9.52 Å². The summed E-state index contributed by atoms with van der Waals surface area (Å²) in [5, 5.41) is 8.47. The molecule has 0 aromatic carbocycles. The predicted molar refractivity (Wildman–Crippen MR) is 51.0 cm³/mol. The Labute approximate surface area is 83.0 Å². The minimum Gasteiger partial charge on any atom is -0.481 e. The van der Waals surface area contributed by atoms with Crippen molar-refractivity contribution in [1.29, 1.82) is 0 Å². The largest absolute Gasteiger partial charge is 0.481 e. The van der Waals surface area contributed by atoms with Gasteiger partial charge in [-0.1, -0.05) is 13.8 Å². The van der Waals surface area contributed by atoms with Gasteiger partial charge in [0.25, 0.3) is 0 Å². The highest BCUT2D eigenvalue weighted by molar-refractivity contribution is 5.66. The highest BCUT2D eigenvalue weighted by atomic mass is 16.4. The number of carboxylic acid groups (broad SMARTS) is 1. The van der Waals surface area contributed by atoms with Gasteiger partial charge in [0, 0.05) is 12.8 Å². The van der Waals surface area contributed by atoms with Crippen molar-refractivity contribution in [3.8, 4) is 0 Å². The van der Waals surface area contributed by atoms with Crippen LogP contribution in [-0.4, -0.2) is 16.1 Å². The SMILES string of the molecule is CC(C)Cc1nc(CCC(=O)O)co1. The number of nitrogens with zero attached hydrogens (tertiary/aromatic N) is 1. The van der Waals surface area contributed by atoms with Crippen molar-refractivity contribution in [3.63, 3.8) is 0 Å². The summed E-state index contributed by atoms with van der Waals surface area (Å²) in [6.07, 6.45) is 2.89. The molecule has 4 nitrogen and oxygen atoms in total. The van der Waals surface area contributed by atoms with Gasteiger partial charge in [-0.25, -0.2) is 4.98 Å². The number of aryl methyl sites for hydroxylation is 1. The van der Waals surface area contributed by atoms with Gasteiger partial charge in [-0.05, 0) is 5.92 Å². The van der Waals surface area contributed by atoms with Crippen LogP contribution in [0.4, 0.5) is 0 Å². The first kappa shape index (κ1) is 10.8. The Morgan fingerprint density at radius 2 is 2.36 bits per heavy atom. The molecule has 0 aliphatic heterocycles. The zero-order chi connectivity index (χ0) is 10.6. The molecule has 0 aliphatic rings. The Bertz CT molecular complexity index is 304. The third-order valence-corrected chi connectivity index (χ3v) is 1.78. The molecular formula is C10H15NO3. The fourth-order valence-electron chi connectivity index (χ4n) is 1.14. The van der Waals surface area contributed by atoms with Crippen molar-refractivity contribution < 1.29 is 14.3 Å². The second kappa shape index (κ2) is 4.79. The van der Waals surface area contributed by atoms with E-state index in [1.54, 1.807) is 6.26 Å². The molecule has 0 atom stereocenters. The summed E-state index contributed by atoms with van der Waals surface area (Å²) in [6, 6.07) is 0. The van der Waals surface area contributed by atoms with Crippen molar-refractivity contribution in [1.82, 2.24) is 4.98 Å². The molecule has 1 N–H and O–H groups in total. The van der Waals surface area contributed by atoms with Crippen LogP contribution in [0.1, 0.15) is 31.9 Å². The molecule has 78 valence electrons. The van der Waals surface area contributed by atoms with Crippen LogP contribution in [0, 0.1) is 5.92 Å². The van der Waals surface area contributed by atoms with E-state index in [2.05, 4.69) is 18.8 Å².